The Balaban J connectivity index is 1.86. The van der Waals surface area contributed by atoms with E-state index in [2.05, 4.69) is 10.6 Å². The van der Waals surface area contributed by atoms with Crippen molar-refractivity contribution in [3.05, 3.63) is 34.3 Å². The second kappa shape index (κ2) is 6.87. The quantitative estimate of drug-likeness (QED) is 0.861. The summed E-state index contributed by atoms with van der Waals surface area (Å²) >= 11 is 5.97. The molecular weight excluding hydrogens is 324 g/mol. The zero-order valence-corrected chi connectivity index (χ0v) is 14.3. The van der Waals surface area contributed by atoms with E-state index in [-0.39, 0.29) is 23.9 Å². The third-order valence-electron chi connectivity index (χ3n) is 3.79. The van der Waals surface area contributed by atoms with E-state index >= 15 is 0 Å². The Bertz CT molecular complexity index is 661. The highest BCUT2D eigenvalue weighted by molar-refractivity contribution is 7.90. The second-order valence-electron chi connectivity index (χ2n) is 5.87. The molecule has 2 amide bonds. The lowest BCUT2D eigenvalue weighted by Crippen LogP contribution is -2.42. The van der Waals surface area contributed by atoms with Gasteiger partial charge in [0.15, 0.2) is 0 Å². The van der Waals surface area contributed by atoms with E-state index in [0.29, 0.717) is 11.4 Å². The molecule has 7 heteroatoms. The molecule has 0 aliphatic heterocycles. The number of urea groups is 1. The Kier molecular flexibility index (Phi) is 5.34. The summed E-state index contributed by atoms with van der Waals surface area (Å²) in [7, 11) is -3.01. The number of sulfone groups is 1. The molecule has 1 aliphatic carbocycles. The minimum atomic E-state index is -3.01. The predicted molar refractivity (Wildman–Crippen MR) is 88.0 cm³/mol. The maximum Gasteiger partial charge on any atom is 0.315 e. The molecule has 0 bridgehead atoms. The maximum atomic E-state index is 12.0. The highest BCUT2D eigenvalue weighted by atomic mass is 35.5. The fourth-order valence-corrected chi connectivity index (χ4v) is 3.60. The van der Waals surface area contributed by atoms with Gasteiger partial charge in [-0.25, -0.2) is 13.2 Å². The smallest absolute Gasteiger partial charge is 0.315 e. The van der Waals surface area contributed by atoms with E-state index in [1.807, 2.05) is 18.2 Å². The standard InChI is InChI=1S/C15H21ClN2O3S/c1-10(7-8-22(2,20)21)17-15(19)18-14-6-3-11-9-12(16)4-5-13(11)14/h4-5,9-10,14H,3,6-8H2,1-2H3,(H2,17,18,19)/t10-,14-/m1/s1. The highest BCUT2D eigenvalue weighted by Gasteiger charge is 2.24. The van der Waals surface area contributed by atoms with Crippen LogP contribution in [0.2, 0.25) is 5.02 Å². The van der Waals surface area contributed by atoms with Crippen molar-refractivity contribution in [3.8, 4) is 0 Å². The van der Waals surface area contributed by atoms with Crippen molar-refractivity contribution < 1.29 is 13.2 Å². The normalized spacial score (nSPS) is 18.6. The Labute approximate surface area is 136 Å². The number of carbonyl (C=O) groups is 1. The van der Waals surface area contributed by atoms with E-state index < -0.39 is 9.84 Å². The summed E-state index contributed by atoms with van der Waals surface area (Å²) in [5, 5.41) is 6.43. The van der Waals surface area contributed by atoms with Gasteiger partial charge in [0.2, 0.25) is 0 Å². The Morgan fingerprint density at radius 3 is 2.86 bits per heavy atom. The van der Waals surface area contributed by atoms with E-state index in [0.717, 1.165) is 18.4 Å². The van der Waals surface area contributed by atoms with E-state index in [4.69, 9.17) is 11.6 Å². The SMILES string of the molecule is C[C@H](CCS(C)(=O)=O)NC(=O)N[C@@H]1CCc2cc(Cl)ccc21. The molecule has 2 atom stereocenters. The van der Waals surface area contributed by atoms with Crippen LogP contribution in [0.5, 0.6) is 0 Å². The number of amides is 2. The van der Waals surface area contributed by atoms with Gasteiger partial charge in [0.05, 0.1) is 11.8 Å². The van der Waals surface area contributed by atoms with E-state index in [1.165, 1.54) is 11.8 Å². The first-order chi connectivity index (χ1) is 10.2. The summed E-state index contributed by atoms with van der Waals surface area (Å²) in [6.45, 7) is 1.80. The number of nitrogens with one attached hydrogen (secondary N) is 2. The lowest BCUT2D eigenvalue weighted by Gasteiger charge is -2.18. The van der Waals surface area contributed by atoms with Gasteiger partial charge in [-0.1, -0.05) is 17.7 Å². The summed E-state index contributed by atoms with van der Waals surface area (Å²) in [5.74, 6) is 0.0687. The molecule has 0 heterocycles. The van der Waals surface area contributed by atoms with Gasteiger partial charge in [-0.15, -0.1) is 0 Å². The van der Waals surface area contributed by atoms with Crippen molar-refractivity contribution in [1.29, 1.82) is 0 Å². The number of aryl methyl sites for hydroxylation is 1. The van der Waals surface area contributed by atoms with Crippen LogP contribution in [0.3, 0.4) is 0 Å². The van der Waals surface area contributed by atoms with Gasteiger partial charge >= 0.3 is 6.03 Å². The van der Waals surface area contributed by atoms with Crippen LogP contribution in [0.4, 0.5) is 4.79 Å². The van der Waals surface area contributed by atoms with Crippen LogP contribution < -0.4 is 10.6 Å². The van der Waals surface area contributed by atoms with Crippen molar-refractivity contribution in [2.75, 3.05) is 12.0 Å². The van der Waals surface area contributed by atoms with Crippen LogP contribution in [0.1, 0.15) is 36.9 Å². The number of benzene rings is 1. The van der Waals surface area contributed by atoms with Crippen molar-refractivity contribution in [2.45, 2.75) is 38.3 Å². The van der Waals surface area contributed by atoms with Crippen LogP contribution in [0, 0.1) is 0 Å². The number of carbonyl (C=O) groups excluding carboxylic acids is 1. The summed E-state index contributed by atoms with van der Waals surface area (Å²) < 4.78 is 22.3. The largest absolute Gasteiger partial charge is 0.336 e. The first-order valence-corrected chi connectivity index (χ1v) is 9.71. The molecule has 2 rings (SSSR count). The summed E-state index contributed by atoms with van der Waals surface area (Å²) in [4.78, 5) is 12.0. The lowest BCUT2D eigenvalue weighted by atomic mass is 10.1. The van der Waals surface area contributed by atoms with Crippen LogP contribution in [-0.4, -0.2) is 32.5 Å². The second-order valence-corrected chi connectivity index (χ2v) is 8.57. The van der Waals surface area contributed by atoms with Gasteiger partial charge in [-0.05, 0) is 49.4 Å². The predicted octanol–water partition coefficient (Wildman–Crippen LogP) is 2.45. The monoisotopic (exact) mass is 344 g/mol. The topological polar surface area (TPSA) is 75.3 Å². The third-order valence-corrected chi connectivity index (χ3v) is 5.00. The molecule has 0 aromatic heterocycles. The number of halogens is 1. The van der Waals surface area contributed by atoms with Gasteiger partial charge in [-0.3, -0.25) is 0 Å². The van der Waals surface area contributed by atoms with E-state index in [9.17, 15) is 13.2 Å². The summed E-state index contributed by atoms with van der Waals surface area (Å²) in [6.07, 6.45) is 3.34. The average molecular weight is 345 g/mol. The van der Waals surface area contributed by atoms with Crippen molar-refractivity contribution in [3.63, 3.8) is 0 Å². The summed E-state index contributed by atoms with van der Waals surface area (Å²) in [6, 6.07) is 5.23. The first kappa shape index (κ1) is 17.1. The van der Waals surface area contributed by atoms with Crippen molar-refractivity contribution >= 4 is 27.5 Å². The van der Waals surface area contributed by atoms with Gasteiger partial charge in [0.25, 0.3) is 0 Å². The minimum Gasteiger partial charge on any atom is -0.336 e. The van der Waals surface area contributed by atoms with Crippen LogP contribution in [0.15, 0.2) is 18.2 Å². The Morgan fingerprint density at radius 1 is 1.45 bits per heavy atom. The molecular formula is C15H21ClN2O3S. The Hall–Kier alpha value is -1.27. The van der Waals surface area contributed by atoms with Gasteiger partial charge in [0.1, 0.15) is 9.84 Å². The van der Waals surface area contributed by atoms with Gasteiger partial charge in [0, 0.05) is 17.3 Å². The number of hydrogen-bond acceptors (Lipinski definition) is 3. The molecule has 1 aliphatic rings. The molecule has 0 saturated carbocycles. The molecule has 1 aromatic rings. The van der Waals surface area contributed by atoms with Gasteiger partial charge < -0.3 is 10.6 Å². The van der Waals surface area contributed by atoms with Crippen molar-refractivity contribution in [1.82, 2.24) is 10.6 Å². The highest BCUT2D eigenvalue weighted by Crippen LogP contribution is 2.32. The molecule has 22 heavy (non-hydrogen) atoms. The van der Waals surface area contributed by atoms with Crippen LogP contribution in [0.25, 0.3) is 0 Å². The minimum absolute atomic E-state index is 0.0191. The number of rotatable bonds is 5. The van der Waals surface area contributed by atoms with Crippen LogP contribution in [-0.2, 0) is 16.3 Å². The molecule has 0 unspecified atom stereocenters. The number of fused-ring (bicyclic) bond motifs is 1. The molecule has 5 nitrogen and oxygen atoms in total. The summed E-state index contributed by atoms with van der Waals surface area (Å²) in [5.41, 5.74) is 2.27. The maximum absolute atomic E-state index is 12.0. The molecule has 0 radical (unpaired) electrons. The number of hydrogen-bond donors (Lipinski definition) is 2. The third kappa shape index (κ3) is 4.88. The Morgan fingerprint density at radius 2 is 2.18 bits per heavy atom. The molecule has 1 aromatic carbocycles. The fourth-order valence-electron chi connectivity index (χ4n) is 2.62. The zero-order chi connectivity index (χ0) is 16.3. The van der Waals surface area contributed by atoms with E-state index in [1.54, 1.807) is 6.92 Å². The zero-order valence-electron chi connectivity index (χ0n) is 12.7. The van der Waals surface area contributed by atoms with Crippen LogP contribution >= 0.6 is 11.6 Å². The molecule has 0 fully saturated rings. The van der Waals surface area contributed by atoms with Gasteiger partial charge in [-0.2, -0.15) is 0 Å². The molecule has 0 spiro atoms. The molecule has 0 saturated heterocycles. The molecule has 2 N–H and O–H groups in total. The first-order valence-electron chi connectivity index (χ1n) is 7.27. The van der Waals surface area contributed by atoms with Crippen molar-refractivity contribution in [2.24, 2.45) is 0 Å². The fraction of sp³-hybridized carbons (Fsp3) is 0.533. The lowest BCUT2D eigenvalue weighted by molar-refractivity contribution is 0.233. The molecule has 122 valence electrons. The average Bonchev–Trinajstić information content (AvgIpc) is 2.78.